The maximum absolute atomic E-state index is 13.8. The number of benzene rings is 1. The molecule has 0 spiro atoms. The van der Waals surface area contributed by atoms with Crippen LogP contribution in [0.4, 0.5) is 0 Å². The van der Waals surface area contributed by atoms with Gasteiger partial charge in [0.25, 0.3) is 0 Å². The van der Waals surface area contributed by atoms with E-state index in [-0.39, 0.29) is 16.2 Å². The molecule has 33 heavy (non-hydrogen) atoms. The van der Waals surface area contributed by atoms with Gasteiger partial charge in [0.2, 0.25) is 0 Å². The second-order valence-electron chi connectivity index (χ2n) is 8.35. The number of aliphatic hydroxyl groups is 4. The first-order chi connectivity index (χ1) is 15.2. The summed E-state index contributed by atoms with van der Waals surface area (Å²) >= 11 is 0. The summed E-state index contributed by atoms with van der Waals surface area (Å²) in [4.78, 5) is 66.7. The molecule has 11 heteroatoms. The second-order valence-corrected chi connectivity index (χ2v) is 14.8. The van der Waals surface area contributed by atoms with Crippen LogP contribution in [-0.4, -0.2) is 83.1 Å². The number of carbonyl (C=O) groups excluding carboxylic acids is 5. The Balaban J connectivity index is 3.29. The van der Waals surface area contributed by atoms with E-state index >= 15 is 0 Å². The van der Waals surface area contributed by atoms with Crippen LogP contribution in [0, 0.1) is 0 Å². The fraction of sp³-hybridized carbons (Fsp3) is 0.500. The minimum absolute atomic E-state index is 0.163. The van der Waals surface area contributed by atoms with Crippen molar-refractivity contribution in [1.29, 1.82) is 0 Å². The van der Waals surface area contributed by atoms with Gasteiger partial charge in [-0.25, -0.2) is 0 Å². The predicted molar refractivity (Wildman–Crippen MR) is 119 cm³/mol. The molecule has 10 nitrogen and oxygen atoms in total. The number of rotatable bonds is 4. The minimum atomic E-state index is -6.47. The van der Waals surface area contributed by atoms with E-state index in [9.17, 15) is 44.4 Å². The van der Waals surface area contributed by atoms with Gasteiger partial charge in [-0.05, 0) is 27.4 Å². The molecule has 1 aliphatic rings. The van der Waals surface area contributed by atoms with Crippen LogP contribution in [0.1, 0.15) is 45.0 Å². The van der Waals surface area contributed by atoms with Crippen molar-refractivity contribution < 1.29 is 49.1 Å². The first-order valence-corrected chi connectivity index (χ1v) is 12.7. The van der Waals surface area contributed by atoms with Gasteiger partial charge in [0.1, 0.15) is 29.9 Å². The topological polar surface area (TPSA) is 175 Å². The monoisotopic (exact) mass is 486 g/mol. The molecule has 0 aromatic heterocycles. The highest BCUT2D eigenvalue weighted by molar-refractivity contribution is 8.99. The third-order valence-electron chi connectivity index (χ3n) is 7.26. The summed E-state index contributed by atoms with van der Waals surface area (Å²) in [5.41, 5.74) is -2.08. The molecule has 1 aromatic carbocycles. The number of aliphatic hydroxyl groups excluding tert-OH is 4. The van der Waals surface area contributed by atoms with Crippen LogP contribution in [0.15, 0.2) is 29.2 Å². The van der Waals surface area contributed by atoms with Gasteiger partial charge in [-0.15, -0.1) is 0 Å². The molecule has 0 saturated carbocycles. The van der Waals surface area contributed by atoms with Crippen molar-refractivity contribution in [2.24, 2.45) is 0 Å². The molecule has 1 aromatic rings. The van der Waals surface area contributed by atoms with Crippen molar-refractivity contribution in [2.45, 2.75) is 69.4 Å². The Hall–Kier alpha value is -2.28. The maximum atomic E-state index is 13.8. The summed E-state index contributed by atoms with van der Waals surface area (Å²) in [5.74, 6) is -0.362. The quantitative estimate of drug-likeness (QED) is 0.427. The zero-order chi connectivity index (χ0) is 25.6. The SMILES string of the molecule is CC(=O)c1ccc(S(C(C)=O)(C(C)=O)(C(C)=O)(C(C)=O)[C@@H]2O[C@H](CO)[C@H](O)[C@H](O)[C@H]2O)cc1. The predicted octanol–water partition coefficient (Wildman–Crippen LogP) is 0.110. The van der Waals surface area contributed by atoms with Gasteiger partial charge in [-0.3, -0.25) is 24.0 Å². The summed E-state index contributed by atoms with van der Waals surface area (Å²) in [6, 6.07) is 4.73. The Morgan fingerprint density at radius 1 is 0.758 bits per heavy atom. The number of hydrogen-bond donors (Lipinski definition) is 4. The van der Waals surface area contributed by atoms with Crippen molar-refractivity contribution in [3.63, 3.8) is 0 Å². The summed E-state index contributed by atoms with van der Waals surface area (Å²) in [6.45, 7) is 3.83. The largest absolute Gasteiger partial charge is 0.394 e. The lowest BCUT2D eigenvalue weighted by atomic mass is 10.0. The van der Waals surface area contributed by atoms with Crippen LogP contribution in [-0.2, 0) is 23.9 Å². The van der Waals surface area contributed by atoms with E-state index in [4.69, 9.17) is 4.74 Å². The molecule has 0 bridgehead atoms. The molecule has 2 rings (SSSR count). The van der Waals surface area contributed by atoms with Gasteiger partial charge in [-0.1, -0.05) is 12.1 Å². The lowest BCUT2D eigenvalue weighted by Gasteiger charge is -2.75. The number of ketones is 1. The summed E-state index contributed by atoms with van der Waals surface area (Å²) in [5, 5.41) is 36.7. The third kappa shape index (κ3) is 2.60. The Kier molecular flexibility index (Phi) is 6.69. The van der Waals surface area contributed by atoms with Crippen LogP contribution >= 0.6 is 8.29 Å². The Bertz CT molecular complexity index is 970. The van der Waals surface area contributed by atoms with Crippen LogP contribution in [0.2, 0.25) is 0 Å². The number of ether oxygens (including phenoxy) is 1. The van der Waals surface area contributed by atoms with Crippen LogP contribution in [0.5, 0.6) is 0 Å². The highest BCUT2D eigenvalue weighted by Gasteiger charge is 2.85. The smallest absolute Gasteiger partial charge is 0.179 e. The second kappa shape index (κ2) is 8.19. The van der Waals surface area contributed by atoms with Gasteiger partial charge in [0.15, 0.2) is 26.2 Å². The Labute approximate surface area is 189 Å². The van der Waals surface area contributed by atoms with Gasteiger partial charge >= 0.3 is 0 Å². The Morgan fingerprint density at radius 3 is 1.52 bits per heavy atom. The molecule has 0 unspecified atom stereocenters. The van der Waals surface area contributed by atoms with Gasteiger partial charge in [-0.2, -0.15) is 0 Å². The first kappa shape index (κ1) is 27.0. The van der Waals surface area contributed by atoms with Gasteiger partial charge in [0.05, 0.1) is 6.61 Å². The van der Waals surface area contributed by atoms with E-state index in [0.717, 1.165) is 39.8 Å². The molecular weight excluding hydrogens is 456 g/mol. The fourth-order valence-corrected chi connectivity index (χ4v) is 12.7. The van der Waals surface area contributed by atoms with E-state index in [1.54, 1.807) is 0 Å². The number of Topliss-reactive ketones (excluding diaryl/α,β-unsaturated/α-hetero) is 1. The van der Waals surface area contributed by atoms with E-state index in [1.807, 2.05) is 0 Å². The average Bonchev–Trinajstić information content (AvgIpc) is 2.74. The van der Waals surface area contributed by atoms with Crippen LogP contribution < -0.4 is 0 Å². The maximum Gasteiger partial charge on any atom is 0.179 e. The molecule has 0 aliphatic carbocycles. The van der Waals surface area contributed by atoms with E-state index in [1.165, 1.54) is 19.1 Å². The summed E-state index contributed by atoms with van der Waals surface area (Å²) in [7, 11) is -6.47. The summed E-state index contributed by atoms with van der Waals surface area (Å²) < 4.78 is 5.67. The van der Waals surface area contributed by atoms with Crippen molar-refractivity contribution >= 4 is 34.5 Å². The molecule has 184 valence electrons. The highest BCUT2D eigenvalue weighted by atomic mass is 32.4. The van der Waals surface area contributed by atoms with Crippen molar-refractivity contribution in [3.8, 4) is 0 Å². The first-order valence-electron chi connectivity index (χ1n) is 10.2. The van der Waals surface area contributed by atoms with Crippen molar-refractivity contribution in [2.75, 3.05) is 6.61 Å². The van der Waals surface area contributed by atoms with Crippen molar-refractivity contribution in [1.82, 2.24) is 0 Å². The van der Waals surface area contributed by atoms with E-state index in [2.05, 4.69) is 0 Å². The molecule has 1 saturated heterocycles. The summed E-state index contributed by atoms with van der Waals surface area (Å²) in [6.07, 6.45) is -7.77. The normalized spacial score (nSPS) is 27.7. The fourth-order valence-electron chi connectivity index (χ4n) is 5.26. The lowest BCUT2D eigenvalue weighted by Crippen LogP contribution is -2.73. The van der Waals surface area contributed by atoms with E-state index in [0.29, 0.717) is 0 Å². The number of hydrogen-bond acceptors (Lipinski definition) is 10. The lowest BCUT2D eigenvalue weighted by molar-refractivity contribution is -0.208. The molecular formula is C22H30O10S. The molecule has 4 N–H and O–H groups in total. The highest BCUT2D eigenvalue weighted by Crippen LogP contribution is 2.98. The van der Waals surface area contributed by atoms with Crippen molar-refractivity contribution in [3.05, 3.63) is 29.8 Å². The molecule has 0 amide bonds. The molecule has 1 heterocycles. The Morgan fingerprint density at radius 2 is 1.18 bits per heavy atom. The third-order valence-corrected chi connectivity index (χ3v) is 16.2. The van der Waals surface area contributed by atoms with Gasteiger partial charge in [0, 0.05) is 38.2 Å². The number of carbonyl (C=O) groups is 5. The van der Waals surface area contributed by atoms with Crippen LogP contribution in [0.25, 0.3) is 0 Å². The van der Waals surface area contributed by atoms with E-state index < -0.39 is 65.2 Å². The zero-order valence-corrected chi connectivity index (χ0v) is 19.9. The molecule has 0 radical (unpaired) electrons. The standard InChI is InChI=1S/C22H30O10S/c1-11(24)16-6-8-17(9-7-16)33(12(2)25,13(3)26,14(4)27,15(5)28)22-21(31)20(30)19(29)18(10-23)32-22/h6-9,18-23,29-31H,10H2,1-5H3/t18-,19+,20+,21-,22+/m1/s1. The zero-order valence-electron chi connectivity index (χ0n) is 19.0. The molecule has 1 fully saturated rings. The molecule has 1 aliphatic heterocycles. The average molecular weight is 487 g/mol. The molecule has 5 atom stereocenters. The van der Waals surface area contributed by atoms with Crippen LogP contribution in [0.3, 0.4) is 0 Å². The van der Waals surface area contributed by atoms with Gasteiger partial charge < -0.3 is 25.2 Å². The minimum Gasteiger partial charge on any atom is -0.394 e.